The van der Waals surface area contributed by atoms with E-state index < -0.39 is 0 Å². The molecule has 0 fully saturated rings. The molecule has 0 bridgehead atoms. The predicted molar refractivity (Wildman–Crippen MR) is 118 cm³/mol. The van der Waals surface area contributed by atoms with Gasteiger partial charge < -0.3 is 20.5 Å². The number of nitrogens with one attached hydrogen (secondary N) is 1. The minimum atomic E-state index is -0.313. The van der Waals surface area contributed by atoms with Crippen LogP contribution in [0.3, 0.4) is 0 Å². The van der Waals surface area contributed by atoms with Crippen LogP contribution in [0.2, 0.25) is 5.02 Å². The third kappa shape index (κ3) is 5.02. The van der Waals surface area contributed by atoms with E-state index in [1.807, 2.05) is 19.1 Å². The molecule has 0 unspecified atom stereocenters. The monoisotopic (exact) mass is 421 g/mol. The lowest BCUT2D eigenvalue weighted by Gasteiger charge is -2.11. The van der Waals surface area contributed by atoms with Gasteiger partial charge in [0.15, 0.2) is 0 Å². The molecule has 2 aromatic carbocycles. The number of nitrogens with two attached hydrogens (primary N) is 1. The van der Waals surface area contributed by atoms with Gasteiger partial charge in [-0.05, 0) is 30.7 Å². The van der Waals surface area contributed by atoms with Crippen molar-refractivity contribution in [2.45, 2.75) is 6.92 Å². The molecule has 1 aromatic heterocycles. The highest BCUT2D eigenvalue weighted by molar-refractivity contribution is 6.30. The number of methoxy groups -OCH3 is 2. The van der Waals surface area contributed by atoms with E-state index in [2.05, 4.69) is 22.1 Å². The molecular weight excluding hydrogens is 402 g/mol. The average molecular weight is 422 g/mol. The van der Waals surface area contributed by atoms with Crippen LogP contribution in [0.5, 0.6) is 11.5 Å². The van der Waals surface area contributed by atoms with Crippen molar-refractivity contribution >= 4 is 29.0 Å². The van der Waals surface area contributed by atoms with E-state index in [1.54, 1.807) is 44.6 Å². The van der Waals surface area contributed by atoms with Gasteiger partial charge in [0.25, 0.3) is 5.91 Å². The fraction of sp³-hybridized carbons (Fsp3) is 0.130. The molecule has 152 valence electrons. The van der Waals surface area contributed by atoms with E-state index >= 15 is 0 Å². The molecule has 0 saturated carbocycles. The summed E-state index contributed by atoms with van der Waals surface area (Å²) in [5.41, 5.74) is 8.84. The number of aryl methyl sites for hydroxylation is 1. The van der Waals surface area contributed by atoms with Gasteiger partial charge in [-0.2, -0.15) is 0 Å². The van der Waals surface area contributed by atoms with Crippen LogP contribution in [-0.4, -0.2) is 25.1 Å². The van der Waals surface area contributed by atoms with Gasteiger partial charge in [0.1, 0.15) is 17.3 Å². The maximum absolute atomic E-state index is 13.0. The zero-order valence-corrected chi connectivity index (χ0v) is 17.5. The largest absolute Gasteiger partial charge is 0.497 e. The Morgan fingerprint density at radius 2 is 1.70 bits per heavy atom. The van der Waals surface area contributed by atoms with Crippen LogP contribution in [0.1, 0.15) is 27.0 Å². The fourth-order valence-electron chi connectivity index (χ4n) is 2.72. The van der Waals surface area contributed by atoms with Crippen LogP contribution in [0.15, 0.2) is 48.7 Å². The minimum absolute atomic E-state index is 0.272. The van der Waals surface area contributed by atoms with Crippen molar-refractivity contribution < 1.29 is 14.3 Å². The quantitative estimate of drug-likeness (QED) is 0.613. The first-order valence-electron chi connectivity index (χ1n) is 8.97. The summed E-state index contributed by atoms with van der Waals surface area (Å²) in [6, 6.07) is 12.2. The zero-order valence-electron chi connectivity index (χ0n) is 16.7. The summed E-state index contributed by atoms with van der Waals surface area (Å²) < 4.78 is 10.5. The highest BCUT2D eigenvalue weighted by atomic mass is 35.5. The Bertz CT molecular complexity index is 1140. The van der Waals surface area contributed by atoms with Crippen molar-refractivity contribution in [1.82, 2.24) is 4.98 Å². The number of halogens is 1. The molecule has 6 nitrogen and oxygen atoms in total. The van der Waals surface area contributed by atoms with E-state index in [-0.39, 0.29) is 11.7 Å². The van der Waals surface area contributed by atoms with Gasteiger partial charge in [0, 0.05) is 35.6 Å². The summed E-state index contributed by atoms with van der Waals surface area (Å²) in [6.07, 6.45) is 1.45. The number of nitrogens with zero attached hydrogens (tertiary/aromatic N) is 1. The third-order valence-corrected chi connectivity index (χ3v) is 4.45. The smallest absolute Gasteiger partial charge is 0.256 e. The molecule has 7 heteroatoms. The number of anilines is 2. The van der Waals surface area contributed by atoms with E-state index in [1.165, 1.54) is 6.20 Å². The van der Waals surface area contributed by atoms with E-state index in [9.17, 15) is 4.79 Å². The lowest BCUT2D eigenvalue weighted by Crippen LogP contribution is -2.14. The Kier molecular flexibility index (Phi) is 6.45. The van der Waals surface area contributed by atoms with Gasteiger partial charge in [-0.1, -0.05) is 29.5 Å². The maximum Gasteiger partial charge on any atom is 0.256 e. The first-order chi connectivity index (χ1) is 14.4. The molecule has 0 atom stereocenters. The van der Waals surface area contributed by atoms with Gasteiger partial charge in [-0.25, -0.2) is 4.98 Å². The second-order valence-electron chi connectivity index (χ2n) is 6.44. The summed E-state index contributed by atoms with van der Waals surface area (Å²) in [5.74, 6) is 7.06. The predicted octanol–water partition coefficient (Wildman–Crippen LogP) is 4.29. The van der Waals surface area contributed by atoms with Crippen molar-refractivity contribution in [1.29, 1.82) is 0 Å². The maximum atomic E-state index is 13.0. The highest BCUT2D eigenvalue weighted by Gasteiger charge is 2.12. The molecule has 0 aliphatic heterocycles. The number of aromatic nitrogens is 1. The van der Waals surface area contributed by atoms with Gasteiger partial charge in [0.05, 0.1) is 30.4 Å². The van der Waals surface area contributed by atoms with E-state index in [4.69, 9.17) is 26.8 Å². The Morgan fingerprint density at radius 1 is 1.03 bits per heavy atom. The number of carbonyl (C=O) groups is 1. The molecule has 0 radical (unpaired) electrons. The number of hydrogen-bond acceptors (Lipinski definition) is 5. The van der Waals surface area contributed by atoms with Crippen molar-refractivity contribution in [3.8, 4) is 23.3 Å². The van der Waals surface area contributed by atoms with E-state index in [0.717, 1.165) is 5.56 Å². The third-order valence-electron chi connectivity index (χ3n) is 4.25. The van der Waals surface area contributed by atoms with Crippen molar-refractivity contribution in [3.05, 3.63) is 75.9 Å². The number of amides is 1. The minimum Gasteiger partial charge on any atom is -0.497 e. The average Bonchev–Trinajstić information content (AvgIpc) is 2.73. The second kappa shape index (κ2) is 9.21. The summed E-state index contributed by atoms with van der Waals surface area (Å²) in [6.45, 7) is 1.93. The number of nitrogen functional groups attached to an aromatic ring is 1. The molecule has 0 saturated heterocycles. The number of carbonyl (C=O) groups excluding carboxylic acids is 1. The van der Waals surface area contributed by atoms with Gasteiger partial charge >= 0.3 is 0 Å². The van der Waals surface area contributed by atoms with Crippen LogP contribution in [0.25, 0.3) is 0 Å². The number of pyridine rings is 1. The molecule has 3 rings (SSSR count). The normalized spacial score (nSPS) is 10.0. The SMILES string of the molecule is COc1cc(NC(=O)c2ccc(C)cc2C#Cc2cc(Cl)cnc2N)cc(OC)c1. The summed E-state index contributed by atoms with van der Waals surface area (Å²) in [7, 11) is 3.09. The molecule has 1 heterocycles. The summed E-state index contributed by atoms with van der Waals surface area (Å²) >= 11 is 5.97. The topological polar surface area (TPSA) is 86.5 Å². The summed E-state index contributed by atoms with van der Waals surface area (Å²) in [4.78, 5) is 17.0. The van der Waals surface area contributed by atoms with Gasteiger partial charge in [-0.3, -0.25) is 4.79 Å². The van der Waals surface area contributed by atoms with Crippen LogP contribution in [0.4, 0.5) is 11.5 Å². The molecule has 1 amide bonds. The number of benzene rings is 2. The summed E-state index contributed by atoms with van der Waals surface area (Å²) in [5, 5.41) is 3.29. The van der Waals surface area contributed by atoms with E-state index in [0.29, 0.717) is 38.9 Å². The lowest BCUT2D eigenvalue weighted by atomic mass is 10.0. The van der Waals surface area contributed by atoms with Crippen molar-refractivity contribution in [2.75, 3.05) is 25.3 Å². The first kappa shape index (κ1) is 21.0. The first-order valence-corrected chi connectivity index (χ1v) is 9.35. The molecular formula is C23H20ClN3O3. The number of rotatable bonds is 4. The van der Waals surface area contributed by atoms with Crippen LogP contribution >= 0.6 is 11.6 Å². The molecule has 0 aliphatic rings. The van der Waals surface area contributed by atoms with Gasteiger partial charge in [0.2, 0.25) is 0 Å². The number of ether oxygens (including phenoxy) is 2. The Labute approximate surface area is 180 Å². The van der Waals surface area contributed by atoms with Crippen LogP contribution in [-0.2, 0) is 0 Å². The van der Waals surface area contributed by atoms with Crippen molar-refractivity contribution in [3.63, 3.8) is 0 Å². The highest BCUT2D eigenvalue weighted by Crippen LogP contribution is 2.26. The van der Waals surface area contributed by atoms with Crippen LogP contribution in [0, 0.1) is 18.8 Å². The molecule has 30 heavy (non-hydrogen) atoms. The van der Waals surface area contributed by atoms with Gasteiger partial charge in [-0.15, -0.1) is 0 Å². The molecule has 3 aromatic rings. The van der Waals surface area contributed by atoms with Crippen molar-refractivity contribution in [2.24, 2.45) is 0 Å². The zero-order chi connectivity index (χ0) is 21.7. The molecule has 3 N–H and O–H groups in total. The lowest BCUT2D eigenvalue weighted by molar-refractivity contribution is 0.102. The Morgan fingerprint density at radius 3 is 2.37 bits per heavy atom. The molecule has 0 spiro atoms. The Hall–Kier alpha value is -3.69. The Balaban J connectivity index is 1.95. The standard InChI is InChI=1S/C23H20ClN3O3/c1-14-4-7-21(15(8-14)5-6-16-9-17(24)13-26-22(16)25)23(28)27-18-10-19(29-2)12-20(11-18)30-3/h4,7-13H,1-3H3,(H2,25,26)(H,27,28). The fourth-order valence-corrected chi connectivity index (χ4v) is 2.88. The van der Waals surface area contributed by atoms with Crippen LogP contribution < -0.4 is 20.5 Å². The number of hydrogen-bond donors (Lipinski definition) is 2. The second-order valence-corrected chi connectivity index (χ2v) is 6.88. The molecule has 0 aliphatic carbocycles.